The Balaban J connectivity index is 1.60. The zero-order chi connectivity index (χ0) is 16.9. The fourth-order valence-corrected chi connectivity index (χ4v) is 2.91. The van der Waals surface area contributed by atoms with Gasteiger partial charge >= 0.3 is 0 Å². The average molecular weight is 326 g/mol. The molecule has 0 aromatic carbocycles. The number of carbonyl (C=O) groups is 1. The largest absolute Gasteiger partial charge is 0.375 e. The molecule has 1 fully saturated rings. The highest BCUT2D eigenvalue weighted by molar-refractivity contribution is 5.95. The number of amides is 1. The molecule has 3 rings (SSSR count). The smallest absolute Gasteiger partial charge is 0.255 e. The van der Waals surface area contributed by atoms with E-state index >= 15 is 0 Å². The molecule has 6 heteroatoms. The fourth-order valence-electron chi connectivity index (χ4n) is 2.91. The Morgan fingerprint density at radius 1 is 1.33 bits per heavy atom. The molecule has 0 bridgehead atoms. The van der Waals surface area contributed by atoms with Crippen molar-refractivity contribution in [2.24, 2.45) is 0 Å². The lowest BCUT2D eigenvalue weighted by atomic mass is 10.1. The van der Waals surface area contributed by atoms with Crippen molar-refractivity contribution in [2.75, 3.05) is 19.7 Å². The molecule has 1 saturated heterocycles. The molecule has 1 aliphatic rings. The van der Waals surface area contributed by atoms with Crippen LogP contribution in [0.1, 0.15) is 33.9 Å². The molecule has 0 aliphatic carbocycles. The van der Waals surface area contributed by atoms with Crippen LogP contribution in [-0.2, 0) is 11.2 Å². The third-order valence-corrected chi connectivity index (χ3v) is 4.25. The summed E-state index contributed by atoms with van der Waals surface area (Å²) < 4.78 is 5.82. The number of ether oxygens (including phenoxy) is 1. The van der Waals surface area contributed by atoms with Gasteiger partial charge in [-0.25, -0.2) is 9.97 Å². The molecule has 126 valence electrons. The minimum atomic E-state index is 0.0341. The van der Waals surface area contributed by atoms with E-state index in [1.165, 1.54) is 0 Å². The number of rotatable bonds is 4. The first-order chi connectivity index (χ1) is 11.6. The van der Waals surface area contributed by atoms with E-state index in [9.17, 15) is 4.79 Å². The van der Waals surface area contributed by atoms with Gasteiger partial charge in [0.2, 0.25) is 0 Å². The summed E-state index contributed by atoms with van der Waals surface area (Å²) in [5.74, 6) is 0.0341. The van der Waals surface area contributed by atoms with Gasteiger partial charge in [0, 0.05) is 36.4 Å². The Morgan fingerprint density at radius 3 is 3.00 bits per heavy atom. The molecule has 1 aliphatic heterocycles. The fraction of sp³-hybridized carbons (Fsp3) is 0.444. The van der Waals surface area contributed by atoms with E-state index in [2.05, 4.69) is 15.0 Å². The van der Waals surface area contributed by atoms with Crippen LogP contribution in [0, 0.1) is 13.8 Å². The molecule has 2 aromatic rings. The molecule has 0 spiro atoms. The number of hydrogen-bond donors (Lipinski definition) is 0. The van der Waals surface area contributed by atoms with Crippen LogP contribution >= 0.6 is 0 Å². The highest BCUT2D eigenvalue weighted by atomic mass is 16.5. The lowest BCUT2D eigenvalue weighted by Crippen LogP contribution is -2.46. The van der Waals surface area contributed by atoms with Crippen molar-refractivity contribution < 1.29 is 9.53 Å². The monoisotopic (exact) mass is 326 g/mol. The normalized spacial score (nSPS) is 17.8. The molecule has 3 heterocycles. The Hall–Kier alpha value is -2.34. The highest BCUT2D eigenvalue weighted by Gasteiger charge is 2.26. The summed E-state index contributed by atoms with van der Waals surface area (Å²) in [6.45, 7) is 5.62. The molecule has 2 aromatic heterocycles. The summed E-state index contributed by atoms with van der Waals surface area (Å²) >= 11 is 0. The van der Waals surface area contributed by atoms with Gasteiger partial charge in [0.1, 0.15) is 6.33 Å². The first-order valence-corrected chi connectivity index (χ1v) is 8.23. The van der Waals surface area contributed by atoms with Gasteiger partial charge in [-0.1, -0.05) is 0 Å². The summed E-state index contributed by atoms with van der Waals surface area (Å²) in [5, 5.41) is 0. The average Bonchev–Trinajstić information content (AvgIpc) is 2.60. The van der Waals surface area contributed by atoms with Gasteiger partial charge in [0.15, 0.2) is 0 Å². The second-order valence-electron chi connectivity index (χ2n) is 6.07. The summed E-state index contributed by atoms with van der Waals surface area (Å²) in [6, 6.07) is 5.62. The maximum absolute atomic E-state index is 12.7. The number of aryl methyl sites for hydroxylation is 3. The van der Waals surface area contributed by atoms with E-state index < -0.39 is 0 Å². The number of pyridine rings is 1. The van der Waals surface area contributed by atoms with Crippen molar-refractivity contribution in [3.8, 4) is 0 Å². The maximum atomic E-state index is 12.7. The zero-order valence-corrected chi connectivity index (χ0v) is 14.1. The lowest BCUT2D eigenvalue weighted by Gasteiger charge is -2.33. The van der Waals surface area contributed by atoms with Crippen molar-refractivity contribution in [3.05, 3.63) is 53.4 Å². The van der Waals surface area contributed by atoms with Crippen LogP contribution in [0.3, 0.4) is 0 Å². The van der Waals surface area contributed by atoms with Crippen molar-refractivity contribution in [1.82, 2.24) is 19.9 Å². The molecule has 6 nitrogen and oxygen atoms in total. The quantitative estimate of drug-likeness (QED) is 0.859. The molecule has 24 heavy (non-hydrogen) atoms. The SMILES string of the molecule is Cc1cc(CCC2CN(C(=O)c3cccnc3C)CCO2)ncn1. The van der Waals surface area contributed by atoms with E-state index in [1.807, 2.05) is 30.9 Å². The Bertz CT molecular complexity index is 720. The second-order valence-corrected chi connectivity index (χ2v) is 6.07. The molecule has 0 radical (unpaired) electrons. The number of aromatic nitrogens is 3. The van der Waals surface area contributed by atoms with Crippen LogP contribution in [0.15, 0.2) is 30.7 Å². The summed E-state index contributed by atoms with van der Waals surface area (Å²) in [6.07, 6.45) is 4.99. The van der Waals surface area contributed by atoms with Crippen LogP contribution in [0.5, 0.6) is 0 Å². The number of carbonyl (C=O) groups excluding carboxylic acids is 1. The predicted octanol–water partition coefficient (Wildman–Crippen LogP) is 1.96. The van der Waals surface area contributed by atoms with Gasteiger partial charge in [-0.2, -0.15) is 0 Å². The third-order valence-electron chi connectivity index (χ3n) is 4.25. The van der Waals surface area contributed by atoms with E-state index in [0.717, 1.165) is 29.9 Å². The first-order valence-electron chi connectivity index (χ1n) is 8.23. The molecular weight excluding hydrogens is 304 g/mol. The topological polar surface area (TPSA) is 68.2 Å². The van der Waals surface area contributed by atoms with Crippen molar-refractivity contribution >= 4 is 5.91 Å². The number of nitrogens with zero attached hydrogens (tertiary/aromatic N) is 4. The van der Waals surface area contributed by atoms with Gasteiger partial charge in [0.25, 0.3) is 5.91 Å². The highest BCUT2D eigenvalue weighted by Crippen LogP contribution is 2.15. The number of morpholine rings is 1. The molecular formula is C18H22N4O2. The summed E-state index contributed by atoms with van der Waals surface area (Å²) in [7, 11) is 0. The van der Waals surface area contributed by atoms with Crippen LogP contribution in [-0.4, -0.2) is 51.6 Å². The van der Waals surface area contributed by atoms with Gasteiger partial charge < -0.3 is 9.64 Å². The van der Waals surface area contributed by atoms with E-state index in [4.69, 9.17) is 4.74 Å². The zero-order valence-electron chi connectivity index (χ0n) is 14.1. The molecule has 0 N–H and O–H groups in total. The maximum Gasteiger partial charge on any atom is 0.255 e. The summed E-state index contributed by atoms with van der Waals surface area (Å²) in [5.41, 5.74) is 3.41. The predicted molar refractivity (Wildman–Crippen MR) is 89.7 cm³/mol. The van der Waals surface area contributed by atoms with Crippen molar-refractivity contribution in [3.63, 3.8) is 0 Å². The molecule has 1 atom stereocenters. The van der Waals surface area contributed by atoms with Crippen LogP contribution in [0.2, 0.25) is 0 Å². The second kappa shape index (κ2) is 7.49. The van der Waals surface area contributed by atoms with Gasteiger partial charge in [0.05, 0.1) is 18.3 Å². The van der Waals surface area contributed by atoms with Crippen molar-refractivity contribution in [2.45, 2.75) is 32.8 Å². The van der Waals surface area contributed by atoms with Crippen molar-refractivity contribution in [1.29, 1.82) is 0 Å². The Kier molecular flexibility index (Phi) is 5.15. The number of hydrogen-bond acceptors (Lipinski definition) is 5. The first kappa shape index (κ1) is 16.5. The molecule has 1 amide bonds. The van der Waals surface area contributed by atoms with Gasteiger partial charge in [-0.15, -0.1) is 0 Å². The van der Waals surface area contributed by atoms with Gasteiger partial charge in [-0.3, -0.25) is 9.78 Å². The van der Waals surface area contributed by atoms with E-state index in [1.54, 1.807) is 18.6 Å². The van der Waals surface area contributed by atoms with Gasteiger partial charge in [-0.05, 0) is 44.9 Å². The van der Waals surface area contributed by atoms with Crippen LogP contribution < -0.4 is 0 Å². The van der Waals surface area contributed by atoms with E-state index in [-0.39, 0.29) is 12.0 Å². The Morgan fingerprint density at radius 2 is 2.21 bits per heavy atom. The van der Waals surface area contributed by atoms with Crippen LogP contribution in [0.4, 0.5) is 0 Å². The minimum Gasteiger partial charge on any atom is -0.375 e. The minimum absolute atomic E-state index is 0.0341. The molecule has 0 saturated carbocycles. The van der Waals surface area contributed by atoms with E-state index in [0.29, 0.717) is 25.3 Å². The standard InChI is InChI=1S/C18H22N4O2/c1-13-10-15(21-12-20-13)5-6-16-11-22(8-9-24-16)18(23)17-4-3-7-19-14(17)2/h3-4,7,10,12,16H,5-6,8-9,11H2,1-2H3. The van der Waals surface area contributed by atoms with Crippen LogP contribution in [0.25, 0.3) is 0 Å². The molecule has 1 unspecified atom stereocenters. The summed E-state index contributed by atoms with van der Waals surface area (Å²) in [4.78, 5) is 27.2. The lowest BCUT2D eigenvalue weighted by molar-refractivity contribution is -0.0247. The Labute approximate surface area is 141 Å². The third kappa shape index (κ3) is 3.94.